The zero-order valence-corrected chi connectivity index (χ0v) is 8.88. The van der Waals surface area contributed by atoms with Crippen molar-refractivity contribution in [3.63, 3.8) is 0 Å². The standard InChI is InChI=1S/C11H13ClO2/c1-2-14-11(13)8-7-9-5-3-4-6-10(9)12/h3-6H,2,7-8H2,1H3. The van der Waals surface area contributed by atoms with E-state index in [0.717, 1.165) is 5.56 Å². The fourth-order valence-electron chi connectivity index (χ4n) is 1.17. The van der Waals surface area contributed by atoms with Crippen LogP contribution in [0.2, 0.25) is 5.02 Å². The van der Waals surface area contributed by atoms with E-state index in [9.17, 15) is 4.79 Å². The van der Waals surface area contributed by atoms with Crippen molar-refractivity contribution in [3.05, 3.63) is 34.9 Å². The summed E-state index contributed by atoms with van der Waals surface area (Å²) in [6.45, 7) is 2.23. The lowest BCUT2D eigenvalue weighted by Crippen LogP contribution is -2.05. The molecule has 1 rings (SSSR count). The van der Waals surface area contributed by atoms with Crippen LogP contribution in [-0.4, -0.2) is 12.6 Å². The van der Waals surface area contributed by atoms with Crippen LogP contribution < -0.4 is 0 Å². The van der Waals surface area contributed by atoms with Crippen molar-refractivity contribution in [2.45, 2.75) is 19.8 Å². The molecule has 0 N–H and O–H groups in total. The minimum absolute atomic E-state index is 0.174. The Morgan fingerprint density at radius 2 is 2.14 bits per heavy atom. The number of esters is 1. The topological polar surface area (TPSA) is 26.3 Å². The molecule has 0 heterocycles. The van der Waals surface area contributed by atoms with Crippen LogP contribution >= 0.6 is 11.6 Å². The van der Waals surface area contributed by atoms with Crippen LogP contribution in [0, 0.1) is 0 Å². The van der Waals surface area contributed by atoms with Gasteiger partial charge in [-0.25, -0.2) is 0 Å². The number of halogens is 1. The van der Waals surface area contributed by atoms with E-state index < -0.39 is 0 Å². The van der Waals surface area contributed by atoms with Crippen LogP contribution in [0.15, 0.2) is 24.3 Å². The third-order valence-corrected chi connectivity index (χ3v) is 2.23. The van der Waals surface area contributed by atoms with Gasteiger partial charge in [-0.1, -0.05) is 29.8 Å². The minimum atomic E-state index is -0.174. The molecule has 1 aromatic rings. The second kappa shape index (κ2) is 5.66. The van der Waals surface area contributed by atoms with Crippen molar-refractivity contribution in [1.82, 2.24) is 0 Å². The lowest BCUT2D eigenvalue weighted by Gasteiger charge is -2.03. The molecule has 0 saturated carbocycles. The van der Waals surface area contributed by atoms with Gasteiger partial charge in [0.15, 0.2) is 0 Å². The molecule has 0 fully saturated rings. The first-order chi connectivity index (χ1) is 6.74. The van der Waals surface area contributed by atoms with Gasteiger partial charge in [0.05, 0.1) is 6.61 Å². The quantitative estimate of drug-likeness (QED) is 0.718. The van der Waals surface area contributed by atoms with Crippen LogP contribution in [0.1, 0.15) is 18.9 Å². The summed E-state index contributed by atoms with van der Waals surface area (Å²) in [5, 5.41) is 0.705. The van der Waals surface area contributed by atoms with E-state index in [2.05, 4.69) is 0 Å². The molecule has 0 amide bonds. The summed E-state index contributed by atoms with van der Waals surface area (Å²) in [5.74, 6) is -0.174. The minimum Gasteiger partial charge on any atom is -0.466 e. The molecule has 0 unspecified atom stereocenters. The van der Waals surface area contributed by atoms with Crippen molar-refractivity contribution in [3.8, 4) is 0 Å². The van der Waals surface area contributed by atoms with Crippen molar-refractivity contribution < 1.29 is 9.53 Å². The van der Waals surface area contributed by atoms with Crippen molar-refractivity contribution in [2.75, 3.05) is 6.61 Å². The van der Waals surface area contributed by atoms with E-state index >= 15 is 0 Å². The fourth-order valence-corrected chi connectivity index (χ4v) is 1.40. The van der Waals surface area contributed by atoms with Crippen molar-refractivity contribution in [2.24, 2.45) is 0 Å². The third-order valence-electron chi connectivity index (χ3n) is 1.86. The first-order valence-electron chi connectivity index (χ1n) is 4.63. The Balaban J connectivity index is 2.46. The number of ether oxygens (including phenoxy) is 1. The smallest absolute Gasteiger partial charge is 0.306 e. The molecule has 0 atom stereocenters. The van der Waals surface area contributed by atoms with Gasteiger partial charge in [0.2, 0.25) is 0 Å². The summed E-state index contributed by atoms with van der Waals surface area (Å²) < 4.78 is 4.82. The number of carbonyl (C=O) groups excluding carboxylic acids is 1. The van der Waals surface area contributed by atoms with E-state index in [1.807, 2.05) is 24.3 Å². The Hall–Kier alpha value is -1.02. The number of hydrogen-bond acceptors (Lipinski definition) is 2. The van der Waals surface area contributed by atoms with Gasteiger partial charge in [0.1, 0.15) is 0 Å². The van der Waals surface area contributed by atoms with E-state index in [1.54, 1.807) is 6.92 Å². The Morgan fingerprint density at radius 3 is 2.79 bits per heavy atom. The molecule has 3 heteroatoms. The van der Waals surface area contributed by atoms with Crippen molar-refractivity contribution >= 4 is 17.6 Å². The lowest BCUT2D eigenvalue weighted by atomic mass is 10.1. The van der Waals surface area contributed by atoms with E-state index in [1.165, 1.54) is 0 Å². The summed E-state index contributed by atoms with van der Waals surface area (Å²) in [5.41, 5.74) is 0.988. The highest BCUT2D eigenvalue weighted by Crippen LogP contribution is 2.16. The molecule has 0 aliphatic carbocycles. The zero-order valence-electron chi connectivity index (χ0n) is 8.13. The largest absolute Gasteiger partial charge is 0.466 e. The monoisotopic (exact) mass is 212 g/mol. The Kier molecular flexibility index (Phi) is 4.47. The highest BCUT2D eigenvalue weighted by atomic mass is 35.5. The lowest BCUT2D eigenvalue weighted by molar-refractivity contribution is -0.143. The van der Waals surface area contributed by atoms with Gasteiger partial charge < -0.3 is 4.74 Å². The molecule has 0 aliphatic rings. The summed E-state index contributed by atoms with van der Waals surface area (Å²) in [4.78, 5) is 11.1. The van der Waals surface area contributed by atoms with Crippen molar-refractivity contribution in [1.29, 1.82) is 0 Å². The Morgan fingerprint density at radius 1 is 1.43 bits per heavy atom. The zero-order chi connectivity index (χ0) is 10.4. The maximum absolute atomic E-state index is 11.1. The summed E-state index contributed by atoms with van der Waals surface area (Å²) in [6.07, 6.45) is 1.02. The van der Waals surface area contributed by atoms with Gasteiger partial charge in [-0.05, 0) is 25.0 Å². The summed E-state index contributed by atoms with van der Waals surface area (Å²) in [7, 11) is 0. The molecular weight excluding hydrogens is 200 g/mol. The van der Waals surface area contributed by atoms with Crippen LogP contribution in [0.3, 0.4) is 0 Å². The SMILES string of the molecule is CCOC(=O)CCc1ccccc1Cl. The molecule has 14 heavy (non-hydrogen) atoms. The highest BCUT2D eigenvalue weighted by molar-refractivity contribution is 6.31. The fraction of sp³-hybridized carbons (Fsp3) is 0.364. The second-order valence-corrected chi connectivity index (χ2v) is 3.30. The average molecular weight is 213 g/mol. The molecule has 0 spiro atoms. The predicted molar refractivity (Wildman–Crippen MR) is 56.4 cm³/mol. The number of hydrogen-bond donors (Lipinski definition) is 0. The van der Waals surface area contributed by atoms with Gasteiger partial charge in [-0.15, -0.1) is 0 Å². The number of aryl methyl sites for hydroxylation is 1. The van der Waals surface area contributed by atoms with Crippen LogP contribution in [0.25, 0.3) is 0 Å². The molecule has 0 aliphatic heterocycles. The number of rotatable bonds is 4. The van der Waals surface area contributed by atoms with Gasteiger partial charge >= 0.3 is 5.97 Å². The van der Waals surface area contributed by atoms with Gasteiger partial charge in [-0.2, -0.15) is 0 Å². The van der Waals surface area contributed by atoms with E-state index in [4.69, 9.17) is 16.3 Å². The molecular formula is C11H13ClO2. The maximum Gasteiger partial charge on any atom is 0.306 e. The highest BCUT2D eigenvalue weighted by Gasteiger charge is 2.04. The molecule has 0 bridgehead atoms. The second-order valence-electron chi connectivity index (χ2n) is 2.90. The van der Waals surface area contributed by atoms with Gasteiger partial charge in [0, 0.05) is 11.4 Å². The first kappa shape index (κ1) is 11.1. The molecule has 0 aromatic heterocycles. The normalized spacial score (nSPS) is 9.86. The van der Waals surface area contributed by atoms with Gasteiger partial charge in [0.25, 0.3) is 0 Å². The molecule has 0 saturated heterocycles. The van der Waals surface area contributed by atoms with E-state index in [-0.39, 0.29) is 5.97 Å². The van der Waals surface area contributed by atoms with Gasteiger partial charge in [-0.3, -0.25) is 4.79 Å². The molecule has 2 nitrogen and oxygen atoms in total. The predicted octanol–water partition coefficient (Wildman–Crippen LogP) is 2.84. The number of carbonyl (C=O) groups is 1. The molecule has 1 aromatic carbocycles. The summed E-state index contributed by atoms with van der Waals surface area (Å²) >= 11 is 5.93. The molecule has 76 valence electrons. The van der Waals surface area contributed by atoms with Crippen LogP contribution in [0.5, 0.6) is 0 Å². The van der Waals surface area contributed by atoms with Crippen LogP contribution in [0.4, 0.5) is 0 Å². The summed E-state index contributed by atoms with van der Waals surface area (Å²) in [6, 6.07) is 7.52. The Labute approximate surface area is 88.8 Å². The molecule has 0 radical (unpaired) electrons. The third kappa shape index (κ3) is 3.38. The Bertz CT molecular complexity index is 310. The maximum atomic E-state index is 11.1. The number of benzene rings is 1. The average Bonchev–Trinajstić information content (AvgIpc) is 2.17. The van der Waals surface area contributed by atoms with E-state index in [0.29, 0.717) is 24.5 Å². The first-order valence-corrected chi connectivity index (χ1v) is 5.01. The van der Waals surface area contributed by atoms with Crippen LogP contribution in [-0.2, 0) is 16.0 Å².